The van der Waals surface area contributed by atoms with Crippen LogP contribution in [0, 0.1) is 6.92 Å². The largest absolute Gasteiger partial charge is 0.493 e. The van der Waals surface area contributed by atoms with Crippen molar-refractivity contribution in [2.45, 2.75) is 6.92 Å². The number of hydrogen-bond acceptors (Lipinski definition) is 5. The van der Waals surface area contributed by atoms with Crippen molar-refractivity contribution in [2.75, 3.05) is 20.0 Å². The number of aromatic amines is 1. The van der Waals surface area contributed by atoms with Crippen LogP contribution < -0.4 is 15.2 Å². The molecular formula is C13H15N3O4. The predicted octanol–water partition coefficient (Wildman–Crippen LogP) is 1.68. The first-order valence-corrected chi connectivity index (χ1v) is 5.79. The molecule has 0 aliphatic rings. The molecule has 0 unspecified atom stereocenters. The minimum Gasteiger partial charge on any atom is -0.493 e. The second-order valence-corrected chi connectivity index (χ2v) is 4.19. The van der Waals surface area contributed by atoms with Gasteiger partial charge in [0, 0.05) is 0 Å². The molecule has 0 aliphatic heterocycles. The lowest BCUT2D eigenvalue weighted by Gasteiger charge is -2.12. The average Bonchev–Trinajstić information content (AvgIpc) is 2.80. The molecule has 0 amide bonds. The molecule has 20 heavy (non-hydrogen) atoms. The summed E-state index contributed by atoms with van der Waals surface area (Å²) < 4.78 is 10.4. The Kier molecular flexibility index (Phi) is 3.51. The summed E-state index contributed by atoms with van der Waals surface area (Å²) in [6.07, 6.45) is 0. The zero-order valence-corrected chi connectivity index (χ0v) is 11.4. The summed E-state index contributed by atoms with van der Waals surface area (Å²) in [6.45, 7) is 1.83. The highest BCUT2D eigenvalue weighted by molar-refractivity contribution is 5.98. The van der Waals surface area contributed by atoms with Gasteiger partial charge in [0.15, 0.2) is 23.0 Å². The van der Waals surface area contributed by atoms with Crippen LogP contribution in [0.1, 0.15) is 16.1 Å². The number of H-pyrrole nitrogens is 1. The van der Waals surface area contributed by atoms with E-state index in [0.717, 1.165) is 5.56 Å². The third kappa shape index (κ3) is 2.13. The van der Waals surface area contributed by atoms with Crippen molar-refractivity contribution < 1.29 is 19.4 Å². The van der Waals surface area contributed by atoms with E-state index in [9.17, 15) is 9.90 Å². The molecule has 2 aromatic rings. The van der Waals surface area contributed by atoms with Gasteiger partial charge in [-0.15, -0.1) is 0 Å². The molecule has 0 bridgehead atoms. The van der Waals surface area contributed by atoms with Gasteiger partial charge in [0.1, 0.15) is 0 Å². The maximum absolute atomic E-state index is 11.2. The number of nitrogens with zero attached hydrogens (tertiary/aromatic N) is 1. The topological polar surface area (TPSA) is 110 Å². The number of carbonyl (C=O) groups is 1. The summed E-state index contributed by atoms with van der Waals surface area (Å²) in [5.74, 6) is 0.0498. The van der Waals surface area contributed by atoms with E-state index >= 15 is 0 Å². The zero-order valence-electron chi connectivity index (χ0n) is 11.4. The molecule has 106 valence electrons. The first-order valence-electron chi connectivity index (χ1n) is 5.79. The smallest absolute Gasteiger partial charge is 0.354 e. The van der Waals surface area contributed by atoms with Crippen molar-refractivity contribution in [1.29, 1.82) is 0 Å². The molecule has 7 heteroatoms. The van der Waals surface area contributed by atoms with Crippen molar-refractivity contribution in [2.24, 2.45) is 0 Å². The predicted molar refractivity (Wildman–Crippen MR) is 73.2 cm³/mol. The number of rotatable bonds is 4. The Morgan fingerprint density at radius 2 is 1.90 bits per heavy atom. The highest BCUT2D eigenvalue weighted by Crippen LogP contribution is 2.38. The van der Waals surface area contributed by atoms with E-state index in [1.165, 1.54) is 14.2 Å². The van der Waals surface area contributed by atoms with Crippen molar-refractivity contribution in [1.82, 2.24) is 10.2 Å². The van der Waals surface area contributed by atoms with Crippen LogP contribution in [0.15, 0.2) is 12.1 Å². The van der Waals surface area contributed by atoms with Gasteiger partial charge >= 0.3 is 5.97 Å². The molecule has 2 rings (SSSR count). The SMILES string of the molecule is COc1cc(C)c(-c2c(N)n[nH]c2C(=O)O)cc1OC. The van der Waals surface area contributed by atoms with E-state index < -0.39 is 5.97 Å². The fourth-order valence-electron chi connectivity index (χ4n) is 2.03. The Labute approximate surface area is 115 Å². The molecule has 7 nitrogen and oxygen atoms in total. The first kappa shape index (κ1) is 13.7. The number of nitrogens with two attached hydrogens (primary N) is 1. The number of carboxylic acids is 1. The lowest BCUT2D eigenvalue weighted by Crippen LogP contribution is -2.01. The van der Waals surface area contributed by atoms with Crippen LogP contribution in [0.5, 0.6) is 11.5 Å². The van der Waals surface area contributed by atoms with E-state index in [4.69, 9.17) is 15.2 Å². The lowest BCUT2D eigenvalue weighted by atomic mass is 9.99. The fraction of sp³-hybridized carbons (Fsp3) is 0.231. The average molecular weight is 277 g/mol. The first-order chi connectivity index (χ1) is 9.49. The summed E-state index contributed by atoms with van der Waals surface area (Å²) in [4.78, 5) is 11.2. The summed E-state index contributed by atoms with van der Waals surface area (Å²) in [5.41, 5.74) is 7.49. The van der Waals surface area contributed by atoms with Crippen LogP contribution in [-0.4, -0.2) is 35.5 Å². The van der Waals surface area contributed by atoms with Gasteiger partial charge in [0.25, 0.3) is 0 Å². The van der Waals surface area contributed by atoms with Crippen molar-refractivity contribution >= 4 is 11.8 Å². The number of hydrogen-bond donors (Lipinski definition) is 3. The number of aryl methyl sites for hydroxylation is 1. The number of methoxy groups -OCH3 is 2. The zero-order chi connectivity index (χ0) is 14.9. The number of aromatic carboxylic acids is 1. The Hall–Kier alpha value is -2.70. The normalized spacial score (nSPS) is 10.3. The molecule has 0 spiro atoms. The second kappa shape index (κ2) is 5.12. The van der Waals surface area contributed by atoms with Gasteiger partial charge in [0.05, 0.1) is 19.8 Å². The monoisotopic (exact) mass is 277 g/mol. The molecule has 1 aromatic carbocycles. The van der Waals surface area contributed by atoms with Gasteiger partial charge in [0.2, 0.25) is 0 Å². The number of aromatic nitrogens is 2. The van der Waals surface area contributed by atoms with Gasteiger partial charge in [-0.1, -0.05) is 0 Å². The van der Waals surface area contributed by atoms with E-state index in [1.54, 1.807) is 12.1 Å². The van der Waals surface area contributed by atoms with E-state index in [2.05, 4.69) is 10.2 Å². The summed E-state index contributed by atoms with van der Waals surface area (Å²) in [7, 11) is 3.04. The maximum atomic E-state index is 11.2. The Morgan fingerprint density at radius 1 is 1.30 bits per heavy atom. The van der Waals surface area contributed by atoms with Crippen LogP contribution in [-0.2, 0) is 0 Å². The standard InChI is InChI=1S/C13H15N3O4/c1-6-4-8(19-2)9(20-3)5-7(6)10-11(13(17)18)15-16-12(10)14/h4-5H,1-3H3,(H,17,18)(H3,14,15,16). The Bertz CT molecular complexity index is 664. The molecule has 4 N–H and O–H groups in total. The van der Waals surface area contributed by atoms with Gasteiger partial charge in [-0.25, -0.2) is 4.79 Å². The molecule has 0 saturated heterocycles. The van der Waals surface area contributed by atoms with Crippen LogP contribution in [0.2, 0.25) is 0 Å². The summed E-state index contributed by atoms with van der Waals surface area (Å²) in [5, 5.41) is 15.3. The molecule has 0 fully saturated rings. The molecule has 0 saturated carbocycles. The molecule has 0 atom stereocenters. The minimum atomic E-state index is -1.13. The van der Waals surface area contributed by atoms with E-state index in [1.807, 2.05) is 6.92 Å². The highest BCUT2D eigenvalue weighted by atomic mass is 16.5. The number of nitrogen functional groups attached to an aromatic ring is 1. The Morgan fingerprint density at radius 3 is 2.45 bits per heavy atom. The van der Waals surface area contributed by atoms with E-state index in [0.29, 0.717) is 22.6 Å². The van der Waals surface area contributed by atoms with Gasteiger partial charge in [-0.2, -0.15) is 5.10 Å². The van der Waals surface area contributed by atoms with Gasteiger partial charge in [-0.05, 0) is 30.2 Å². The molecule has 0 radical (unpaired) electrons. The second-order valence-electron chi connectivity index (χ2n) is 4.19. The highest BCUT2D eigenvalue weighted by Gasteiger charge is 2.21. The van der Waals surface area contributed by atoms with Crippen LogP contribution in [0.4, 0.5) is 5.82 Å². The number of carboxylic acid groups (broad SMARTS) is 1. The molecule has 1 aromatic heterocycles. The number of nitrogens with one attached hydrogen (secondary N) is 1. The third-order valence-electron chi connectivity index (χ3n) is 3.01. The quantitative estimate of drug-likeness (QED) is 0.784. The van der Waals surface area contributed by atoms with Crippen molar-refractivity contribution in [3.05, 3.63) is 23.4 Å². The molecular weight excluding hydrogens is 262 g/mol. The van der Waals surface area contributed by atoms with E-state index in [-0.39, 0.29) is 11.5 Å². The maximum Gasteiger partial charge on any atom is 0.354 e. The molecule has 1 heterocycles. The van der Waals surface area contributed by atoms with Crippen LogP contribution in [0.25, 0.3) is 11.1 Å². The molecule has 0 aliphatic carbocycles. The lowest BCUT2D eigenvalue weighted by molar-refractivity contribution is 0.0691. The number of ether oxygens (including phenoxy) is 2. The summed E-state index contributed by atoms with van der Waals surface area (Å²) in [6, 6.07) is 3.44. The van der Waals surface area contributed by atoms with Crippen molar-refractivity contribution in [3.63, 3.8) is 0 Å². The van der Waals surface area contributed by atoms with Crippen LogP contribution in [0.3, 0.4) is 0 Å². The summed E-state index contributed by atoms with van der Waals surface area (Å²) >= 11 is 0. The van der Waals surface area contributed by atoms with Crippen molar-refractivity contribution in [3.8, 4) is 22.6 Å². The number of anilines is 1. The minimum absolute atomic E-state index is 0.0576. The Balaban J connectivity index is 2.70. The van der Waals surface area contributed by atoms with Gasteiger partial charge < -0.3 is 20.3 Å². The number of benzene rings is 1. The third-order valence-corrected chi connectivity index (χ3v) is 3.01. The van der Waals surface area contributed by atoms with Gasteiger partial charge in [-0.3, -0.25) is 5.10 Å². The fourth-order valence-corrected chi connectivity index (χ4v) is 2.03. The van der Waals surface area contributed by atoms with Crippen LogP contribution >= 0.6 is 0 Å².